The molecule has 144 valence electrons. The number of carboxylic acid groups (broad SMARTS) is 1. The summed E-state index contributed by atoms with van der Waals surface area (Å²) in [4.78, 5) is 26.2. The van der Waals surface area contributed by atoms with Crippen LogP contribution in [0.4, 0.5) is 4.79 Å². The number of nitrogens with zero attached hydrogens (tertiary/aromatic N) is 1. The highest BCUT2D eigenvalue weighted by molar-refractivity contribution is 5.87. The lowest BCUT2D eigenvalue weighted by molar-refractivity contribution is -0.153. The molecule has 0 saturated carbocycles. The molecule has 0 bridgehead atoms. The van der Waals surface area contributed by atoms with E-state index in [2.05, 4.69) is 5.32 Å². The molecule has 27 heavy (non-hydrogen) atoms. The number of benzene rings is 2. The number of fused-ring (bicyclic) bond motifs is 1. The van der Waals surface area contributed by atoms with E-state index in [1.807, 2.05) is 42.5 Å². The molecule has 2 aromatic rings. The number of nitrogens with one attached hydrogen (secondary N) is 1. The van der Waals surface area contributed by atoms with Gasteiger partial charge in [0.05, 0.1) is 0 Å². The van der Waals surface area contributed by atoms with Crippen molar-refractivity contribution in [1.82, 2.24) is 10.2 Å². The fourth-order valence-corrected chi connectivity index (χ4v) is 3.77. The van der Waals surface area contributed by atoms with Gasteiger partial charge in [-0.15, -0.1) is 0 Å². The second-order valence-corrected chi connectivity index (χ2v) is 7.99. The standard InChI is InChI=1S/C21H26N2O4/c1-20(2,3)27-19(26)23(4)21(18(24)25)17(11-12-22-21)16-10-9-14-7-5-6-8-15(14)13-16/h5-10,13,17,22H,11-12H2,1-4H3,(H,24,25). The van der Waals surface area contributed by atoms with Crippen molar-refractivity contribution in [3.8, 4) is 0 Å². The van der Waals surface area contributed by atoms with Gasteiger partial charge >= 0.3 is 12.1 Å². The average molecular weight is 370 g/mol. The molecule has 0 spiro atoms. The normalized spacial score (nSPS) is 22.6. The van der Waals surface area contributed by atoms with Crippen LogP contribution in [0.25, 0.3) is 10.8 Å². The van der Waals surface area contributed by atoms with Gasteiger partial charge in [0.25, 0.3) is 0 Å². The molecule has 0 aromatic heterocycles. The summed E-state index contributed by atoms with van der Waals surface area (Å²) in [6, 6.07) is 13.9. The maximum absolute atomic E-state index is 12.6. The van der Waals surface area contributed by atoms with Crippen LogP contribution in [0.3, 0.4) is 0 Å². The van der Waals surface area contributed by atoms with E-state index < -0.39 is 29.2 Å². The maximum atomic E-state index is 12.6. The lowest BCUT2D eigenvalue weighted by Gasteiger charge is -2.40. The summed E-state index contributed by atoms with van der Waals surface area (Å²) in [5.74, 6) is -1.48. The van der Waals surface area contributed by atoms with Gasteiger partial charge in [-0.05, 0) is 50.1 Å². The zero-order chi connectivity index (χ0) is 19.8. The predicted molar refractivity (Wildman–Crippen MR) is 104 cm³/mol. The molecular weight excluding hydrogens is 344 g/mol. The Balaban J connectivity index is 2.02. The second kappa shape index (κ2) is 6.85. The molecule has 1 amide bonds. The molecule has 6 heteroatoms. The molecule has 1 saturated heterocycles. The van der Waals surface area contributed by atoms with E-state index in [0.29, 0.717) is 13.0 Å². The minimum Gasteiger partial charge on any atom is -0.478 e. The fraction of sp³-hybridized carbons (Fsp3) is 0.429. The maximum Gasteiger partial charge on any atom is 0.412 e. The van der Waals surface area contributed by atoms with E-state index in [-0.39, 0.29) is 0 Å². The molecule has 2 N–H and O–H groups in total. The Morgan fingerprint density at radius 3 is 2.48 bits per heavy atom. The van der Waals surface area contributed by atoms with E-state index in [1.165, 1.54) is 11.9 Å². The Hall–Kier alpha value is -2.60. The molecule has 2 unspecified atom stereocenters. The van der Waals surface area contributed by atoms with Crippen LogP contribution in [0.1, 0.15) is 38.7 Å². The highest BCUT2D eigenvalue weighted by Gasteiger charge is 2.55. The van der Waals surface area contributed by atoms with E-state index in [9.17, 15) is 14.7 Å². The zero-order valence-corrected chi connectivity index (χ0v) is 16.2. The summed E-state index contributed by atoms with van der Waals surface area (Å²) < 4.78 is 5.43. The van der Waals surface area contributed by atoms with Gasteiger partial charge in [-0.25, -0.2) is 9.59 Å². The van der Waals surface area contributed by atoms with Crippen molar-refractivity contribution < 1.29 is 19.4 Å². The van der Waals surface area contributed by atoms with E-state index >= 15 is 0 Å². The van der Waals surface area contributed by atoms with Gasteiger partial charge in [0.2, 0.25) is 5.66 Å². The van der Waals surface area contributed by atoms with Gasteiger partial charge in [0.1, 0.15) is 5.60 Å². The molecule has 0 radical (unpaired) electrons. The van der Waals surface area contributed by atoms with Crippen molar-refractivity contribution in [2.75, 3.05) is 13.6 Å². The Labute approximate surface area is 159 Å². The molecular formula is C21H26N2O4. The molecule has 1 fully saturated rings. The number of hydrogen-bond acceptors (Lipinski definition) is 4. The molecule has 1 aliphatic heterocycles. The van der Waals surface area contributed by atoms with Crippen LogP contribution >= 0.6 is 0 Å². The number of likely N-dealkylation sites (N-methyl/N-ethyl adjacent to an activating group) is 1. The van der Waals surface area contributed by atoms with E-state index in [1.54, 1.807) is 20.8 Å². The number of ether oxygens (including phenoxy) is 1. The number of rotatable bonds is 3. The lowest BCUT2D eigenvalue weighted by atomic mass is 9.85. The average Bonchev–Trinajstić information content (AvgIpc) is 3.05. The minimum absolute atomic E-state index is 0.392. The number of carbonyl (C=O) groups is 2. The van der Waals surface area contributed by atoms with Crippen molar-refractivity contribution in [3.63, 3.8) is 0 Å². The third-order valence-corrected chi connectivity index (χ3v) is 5.03. The first-order valence-corrected chi connectivity index (χ1v) is 9.09. The van der Waals surface area contributed by atoms with Gasteiger partial charge in [-0.1, -0.05) is 42.5 Å². The highest BCUT2D eigenvalue weighted by Crippen LogP contribution is 2.39. The van der Waals surface area contributed by atoms with Crippen LogP contribution < -0.4 is 5.32 Å². The monoisotopic (exact) mass is 370 g/mol. The third-order valence-electron chi connectivity index (χ3n) is 5.03. The number of amides is 1. The van der Waals surface area contributed by atoms with Crippen LogP contribution in [0.5, 0.6) is 0 Å². The molecule has 0 aliphatic carbocycles. The Kier molecular flexibility index (Phi) is 4.86. The van der Waals surface area contributed by atoms with Crippen LogP contribution in [0, 0.1) is 0 Å². The summed E-state index contributed by atoms with van der Waals surface area (Å²) in [6.07, 6.45) is -0.0530. The van der Waals surface area contributed by atoms with Crippen LogP contribution in [-0.4, -0.2) is 46.9 Å². The molecule has 3 rings (SSSR count). The number of carbonyl (C=O) groups excluding carboxylic acids is 1. The van der Waals surface area contributed by atoms with Crippen molar-refractivity contribution in [3.05, 3.63) is 48.0 Å². The zero-order valence-electron chi connectivity index (χ0n) is 16.2. The predicted octanol–water partition coefficient (Wildman–Crippen LogP) is 3.56. The van der Waals surface area contributed by atoms with E-state index in [0.717, 1.165) is 16.3 Å². The highest BCUT2D eigenvalue weighted by atomic mass is 16.6. The topological polar surface area (TPSA) is 78.9 Å². The first kappa shape index (κ1) is 19.2. The first-order chi connectivity index (χ1) is 12.6. The van der Waals surface area contributed by atoms with Crippen molar-refractivity contribution in [2.24, 2.45) is 0 Å². The summed E-state index contributed by atoms with van der Waals surface area (Å²) in [7, 11) is 1.48. The largest absolute Gasteiger partial charge is 0.478 e. The number of aliphatic carboxylic acids is 1. The van der Waals surface area contributed by atoms with Crippen LogP contribution in [0.2, 0.25) is 0 Å². The van der Waals surface area contributed by atoms with E-state index in [4.69, 9.17) is 4.74 Å². The van der Waals surface area contributed by atoms with Gasteiger partial charge in [0.15, 0.2) is 0 Å². The van der Waals surface area contributed by atoms with Crippen molar-refractivity contribution in [1.29, 1.82) is 0 Å². The second-order valence-electron chi connectivity index (χ2n) is 7.99. The molecule has 2 aromatic carbocycles. The molecule has 2 atom stereocenters. The molecule has 1 aliphatic rings. The van der Waals surface area contributed by atoms with Crippen LogP contribution in [0.15, 0.2) is 42.5 Å². The van der Waals surface area contributed by atoms with Crippen LogP contribution in [-0.2, 0) is 9.53 Å². The van der Waals surface area contributed by atoms with Gasteiger partial charge in [-0.2, -0.15) is 0 Å². The third kappa shape index (κ3) is 3.49. The Morgan fingerprint density at radius 2 is 1.85 bits per heavy atom. The number of carboxylic acids is 1. The van der Waals surface area contributed by atoms with Crippen molar-refractivity contribution in [2.45, 2.75) is 44.4 Å². The molecule has 6 nitrogen and oxygen atoms in total. The van der Waals surface area contributed by atoms with Crippen molar-refractivity contribution >= 4 is 22.8 Å². The Morgan fingerprint density at radius 1 is 1.19 bits per heavy atom. The summed E-state index contributed by atoms with van der Waals surface area (Å²) in [5.41, 5.74) is -1.37. The Bertz CT molecular complexity index is 874. The molecule has 1 heterocycles. The summed E-state index contributed by atoms with van der Waals surface area (Å²) in [5, 5.41) is 15.3. The quantitative estimate of drug-likeness (QED) is 0.864. The smallest absolute Gasteiger partial charge is 0.412 e. The van der Waals surface area contributed by atoms with Gasteiger partial charge < -0.3 is 9.84 Å². The SMILES string of the molecule is CN(C(=O)OC(C)(C)C)C1(C(=O)O)NCCC1c1ccc2ccccc2c1. The summed E-state index contributed by atoms with van der Waals surface area (Å²) in [6.45, 7) is 5.77. The fourth-order valence-electron chi connectivity index (χ4n) is 3.77. The van der Waals surface area contributed by atoms with Gasteiger partial charge in [0, 0.05) is 13.0 Å². The van der Waals surface area contributed by atoms with Gasteiger partial charge in [-0.3, -0.25) is 10.2 Å². The number of hydrogen-bond donors (Lipinski definition) is 2. The summed E-state index contributed by atoms with van der Waals surface area (Å²) >= 11 is 0. The first-order valence-electron chi connectivity index (χ1n) is 9.09. The minimum atomic E-state index is -1.55. The lowest BCUT2D eigenvalue weighted by Crippen LogP contribution is -2.64.